The van der Waals surface area contributed by atoms with Crippen molar-refractivity contribution in [2.45, 2.75) is 12.8 Å². The Labute approximate surface area is 94.2 Å². The second-order valence-corrected chi connectivity index (χ2v) is 4.05. The third kappa shape index (κ3) is 1.38. The Morgan fingerprint density at radius 1 is 1.12 bits per heavy atom. The van der Waals surface area contributed by atoms with Crippen molar-refractivity contribution in [3.05, 3.63) is 53.3 Å². The highest BCUT2D eigenvalue weighted by Crippen LogP contribution is 2.37. The minimum Gasteiger partial charge on any atom is -0.489 e. The predicted octanol–water partition coefficient (Wildman–Crippen LogP) is 2.72. The number of rotatable bonds is 1. The molecule has 16 heavy (non-hydrogen) atoms. The van der Waals surface area contributed by atoms with Crippen LogP contribution in [0.15, 0.2) is 47.7 Å². The first-order valence-electron chi connectivity index (χ1n) is 5.54. The number of hydrogen-bond acceptors (Lipinski definition) is 2. The molecule has 1 aliphatic carbocycles. The predicted molar refractivity (Wildman–Crippen MR) is 61.6 cm³/mol. The quantitative estimate of drug-likeness (QED) is 0.715. The van der Waals surface area contributed by atoms with E-state index in [-0.39, 0.29) is 5.78 Å². The van der Waals surface area contributed by atoms with Crippen LogP contribution >= 0.6 is 0 Å². The van der Waals surface area contributed by atoms with Gasteiger partial charge in [0.25, 0.3) is 0 Å². The molecule has 1 aromatic rings. The number of hydrogen-bond donors (Lipinski definition) is 0. The van der Waals surface area contributed by atoms with Gasteiger partial charge in [-0.05, 0) is 30.1 Å². The van der Waals surface area contributed by atoms with E-state index in [1.165, 1.54) is 0 Å². The monoisotopic (exact) mass is 212 g/mol. The zero-order valence-electron chi connectivity index (χ0n) is 8.90. The summed E-state index contributed by atoms with van der Waals surface area (Å²) in [6.45, 7) is 0.667. The van der Waals surface area contributed by atoms with E-state index >= 15 is 0 Å². The molecule has 2 aliphatic rings. The lowest BCUT2D eigenvalue weighted by Crippen LogP contribution is -2.09. The summed E-state index contributed by atoms with van der Waals surface area (Å²) in [5.74, 6) is 0.596. The Balaban J connectivity index is 2.07. The van der Waals surface area contributed by atoms with Crippen LogP contribution in [0.3, 0.4) is 0 Å². The SMILES string of the molecule is O=C1C=C(c2ccccc2)C2=C1OCCC2. The number of carbonyl (C=O) groups is 1. The molecule has 1 heterocycles. The lowest BCUT2D eigenvalue weighted by molar-refractivity contribution is -0.114. The van der Waals surface area contributed by atoms with E-state index in [2.05, 4.69) is 0 Å². The van der Waals surface area contributed by atoms with Crippen molar-refractivity contribution in [3.63, 3.8) is 0 Å². The first-order chi connectivity index (χ1) is 7.86. The fraction of sp³-hybridized carbons (Fsp3) is 0.214. The van der Waals surface area contributed by atoms with E-state index < -0.39 is 0 Å². The standard InChI is InChI=1S/C14H12O2/c15-13-9-12(10-5-2-1-3-6-10)11-7-4-8-16-14(11)13/h1-3,5-6,9H,4,7-8H2. The van der Waals surface area contributed by atoms with Crippen LogP contribution in [0.25, 0.3) is 5.57 Å². The number of ether oxygens (including phenoxy) is 1. The lowest BCUT2D eigenvalue weighted by Gasteiger charge is -2.16. The van der Waals surface area contributed by atoms with Crippen LogP contribution in [0.1, 0.15) is 18.4 Å². The van der Waals surface area contributed by atoms with Crippen LogP contribution in [0.5, 0.6) is 0 Å². The van der Waals surface area contributed by atoms with E-state index in [4.69, 9.17) is 4.74 Å². The molecular formula is C14H12O2. The summed E-state index contributed by atoms with van der Waals surface area (Å²) in [5.41, 5.74) is 3.23. The molecule has 0 radical (unpaired) electrons. The van der Waals surface area contributed by atoms with Gasteiger partial charge >= 0.3 is 0 Å². The molecule has 0 unspecified atom stereocenters. The van der Waals surface area contributed by atoms with Crippen molar-refractivity contribution in [2.75, 3.05) is 6.61 Å². The summed E-state index contributed by atoms with van der Waals surface area (Å²) in [4.78, 5) is 11.7. The summed E-state index contributed by atoms with van der Waals surface area (Å²) in [7, 11) is 0. The molecule has 2 heteroatoms. The maximum Gasteiger partial charge on any atom is 0.221 e. The molecule has 0 saturated carbocycles. The van der Waals surface area contributed by atoms with E-state index in [1.807, 2.05) is 30.3 Å². The van der Waals surface area contributed by atoms with Gasteiger partial charge in [0.15, 0.2) is 5.76 Å². The molecule has 80 valence electrons. The van der Waals surface area contributed by atoms with Gasteiger partial charge < -0.3 is 4.74 Å². The van der Waals surface area contributed by atoms with E-state index in [0.717, 1.165) is 29.6 Å². The average Bonchev–Trinajstić information content (AvgIpc) is 2.69. The highest BCUT2D eigenvalue weighted by atomic mass is 16.5. The Hall–Kier alpha value is -1.83. The van der Waals surface area contributed by atoms with E-state index in [1.54, 1.807) is 6.08 Å². The molecule has 0 saturated heterocycles. The maximum absolute atomic E-state index is 11.7. The molecule has 0 spiro atoms. The van der Waals surface area contributed by atoms with Gasteiger partial charge in [0.1, 0.15) is 0 Å². The zero-order valence-corrected chi connectivity index (χ0v) is 8.90. The number of allylic oxidation sites excluding steroid dienone is 3. The maximum atomic E-state index is 11.7. The van der Waals surface area contributed by atoms with Gasteiger partial charge in [0.2, 0.25) is 5.78 Å². The Bertz CT molecular complexity index is 495. The Morgan fingerprint density at radius 3 is 2.75 bits per heavy atom. The van der Waals surface area contributed by atoms with Crippen molar-refractivity contribution in [3.8, 4) is 0 Å². The largest absolute Gasteiger partial charge is 0.489 e. The zero-order chi connectivity index (χ0) is 11.0. The van der Waals surface area contributed by atoms with Crippen molar-refractivity contribution in [1.82, 2.24) is 0 Å². The van der Waals surface area contributed by atoms with E-state index in [0.29, 0.717) is 12.4 Å². The highest BCUT2D eigenvalue weighted by molar-refractivity contribution is 6.16. The van der Waals surface area contributed by atoms with Crippen molar-refractivity contribution < 1.29 is 9.53 Å². The molecule has 1 aromatic carbocycles. The molecule has 3 rings (SSSR count). The fourth-order valence-corrected chi connectivity index (χ4v) is 2.26. The summed E-state index contributed by atoms with van der Waals surface area (Å²) in [6, 6.07) is 10.0. The molecule has 0 bridgehead atoms. The normalized spacial score (nSPS) is 19.2. The average molecular weight is 212 g/mol. The van der Waals surface area contributed by atoms with Gasteiger partial charge in [-0.3, -0.25) is 4.79 Å². The first kappa shape index (κ1) is 9.40. The summed E-state index contributed by atoms with van der Waals surface area (Å²) in [5, 5.41) is 0. The van der Waals surface area contributed by atoms with E-state index in [9.17, 15) is 4.79 Å². The molecule has 0 fully saturated rings. The molecular weight excluding hydrogens is 200 g/mol. The van der Waals surface area contributed by atoms with Gasteiger partial charge in [0, 0.05) is 5.57 Å². The van der Waals surface area contributed by atoms with Crippen molar-refractivity contribution in [1.29, 1.82) is 0 Å². The molecule has 0 amide bonds. The second kappa shape index (κ2) is 3.63. The van der Waals surface area contributed by atoms with Gasteiger partial charge in [-0.15, -0.1) is 0 Å². The van der Waals surface area contributed by atoms with Crippen LogP contribution in [0.4, 0.5) is 0 Å². The van der Waals surface area contributed by atoms with Crippen molar-refractivity contribution >= 4 is 11.4 Å². The molecule has 1 aliphatic heterocycles. The van der Waals surface area contributed by atoms with Gasteiger partial charge in [0.05, 0.1) is 6.61 Å². The van der Waals surface area contributed by atoms with Crippen molar-refractivity contribution in [2.24, 2.45) is 0 Å². The van der Waals surface area contributed by atoms with Gasteiger partial charge in [-0.25, -0.2) is 0 Å². The fourth-order valence-electron chi connectivity index (χ4n) is 2.26. The summed E-state index contributed by atoms with van der Waals surface area (Å²) < 4.78 is 5.44. The molecule has 0 atom stereocenters. The minimum absolute atomic E-state index is 0.0218. The molecule has 0 aromatic heterocycles. The van der Waals surface area contributed by atoms with Gasteiger partial charge in [-0.2, -0.15) is 0 Å². The molecule has 2 nitrogen and oxygen atoms in total. The third-order valence-electron chi connectivity index (χ3n) is 3.00. The van der Waals surface area contributed by atoms with Crippen LogP contribution in [0.2, 0.25) is 0 Å². The summed E-state index contributed by atoms with van der Waals surface area (Å²) >= 11 is 0. The van der Waals surface area contributed by atoms with Crippen LogP contribution < -0.4 is 0 Å². The van der Waals surface area contributed by atoms with Crippen LogP contribution in [0, 0.1) is 0 Å². The third-order valence-corrected chi connectivity index (χ3v) is 3.00. The Morgan fingerprint density at radius 2 is 1.94 bits per heavy atom. The molecule has 0 N–H and O–H groups in total. The van der Waals surface area contributed by atoms with Crippen LogP contribution in [-0.2, 0) is 9.53 Å². The highest BCUT2D eigenvalue weighted by Gasteiger charge is 2.28. The summed E-state index contributed by atoms with van der Waals surface area (Å²) in [6.07, 6.45) is 3.64. The Kier molecular flexibility index (Phi) is 2.13. The second-order valence-electron chi connectivity index (χ2n) is 4.05. The minimum atomic E-state index is 0.0218. The van der Waals surface area contributed by atoms with Gasteiger partial charge in [-0.1, -0.05) is 30.3 Å². The lowest BCUT2D eigenvalue weighted by atomic mass is 9.96. The number of benzene rings is 1. The smallest absolute Gasteiger partial charge is 0.221 e. The number of carbonyl (C=O) groups excluding carboxylic acids is 1. The topological polar surface area (TPSA) is 26.3 Å². The first-order valence-corrected chi connectivity index (χ1v) is 5.54. The number of ketones is 1. The van der Waals surface area contributed by atoms with Crippen LogP contribution in [-0.4, -0.2) is 12.4 Å².